The van der Waals surface area contributed by atoms with E-state index in [0.717, 1.165) is 17.8 Å². The Bertz CT molecular complexity index is 274. The Morgan fingerprint density at radius 2 is 2.57 bits per heavy atom. The molecule has 1 rings (SSSR count). The summed E-state index contributed by atoms with van der Waals surface area (Å²) >= 11 is 1.52. The summed E-state index contributed by atoms with van der Waals surface area (Å²) in [4.78, 5) is 15.4. The summed E-state index contributed by atoms with van der Waals surface area (Å²) in [5.74, 6) is -0.0953. The van der Waals surface area contributed by atoms with Gasteiger partial charge in [-0.2, -0.15) is 0 Å². The molecular weight excluding hydrogens is 198 g/mol. The molecule has 1 amide bonds. The standard InChI is InChI=1S/C9H15N3OS/c1-2-3-7(10)9(13)12-6-8-11-4-5-14-8/h4-5,7H,2-3,6,10H2,1H3,(H,12,13)/t7-/m0/s1. The van der Waals surface area contributed by atoms with Crippen LogP contribution in [0.25, 0.3) is 0 Å². The SMILES string of the molecule is CCC[C@H](N)C(=O)NCc1nccs1. The summed E-state index contributed by atoms with van der Waals surface area (Å²) < 4.78 is 0. The van der Waals surface area contributed by atoms with E-state index in [-0.39, 0.29) is 11.9 Å². The van der Waals surface area contributed by atoms with Crippen LogP contribution in [0.4, 0.5) is 0 Å². The average Bonchev–Trinajstić information content (AvgIpc) is 2.67. The largest absolute Gasteiger partial charge is 0.348 e. The van der Waals surface area contributed by atoms with Crippen LogP contribution >= 0.6 is 11.3 Å². The van der Waals surface area contributed by atoms with Crippen molar-refractivity contribution < 1.29 is 4.79 Å². The van der Waals surface area contributed by atoms with Gasteiger partial charge in [0.15, 0.2) is 0 Å². The minimum absolute atomic E-state index is 0.0953. The van der Waals surface area contributed by atoms with Gasteiger partial charge in [-0.25, -0.2) is 4.98 Å². The van der Waals surface area contributed by atoms with Crippen molar-refractivity contribution >= 4 is 17.2 Å². The highest BCUT2D eigenvalue weighted by atomic mass is 32.1. The molecule has 0 aromatic carbocycles. The van der Waals surface area contributed by atoms with Gasteiger partial charge in [-0.15, -0.1) is 11.3 Å². The van der Waals surface area contributed by atoms with Crippen LogP contribution in [-0.4, -0.2) is 16.9 Å². The van der Waals surface area contributed by atoms with Crippen molar-refractivity contribution in [3.63, 3.8) is 0 Å². The molecule has 4 nitrogen and oxygen atoms in total. The molecule has 5 heteroatoms. The number of nitrogens with zero attached hydrogens (tertiary/aromatic N) is 1. The number of thiazole rings is 1. The van der Waals surface area contributed by atoms with E-state index in [1.165, 1.54) is 11.3 Å². The minimum atomic E-state index is -0.389. The van der Waals surface area contributed by atoms with Gasteiger partial charge in [0.25, 0.3) is 0 Å². The Balaban J connectivity index is 2.27. The van der Waals surface area contributed by atoms with Crippen LogP contribution in [0.3, 0.4) is 0 Å². The molecule has 1 aromatic heterocycles. The molecule has 1 heterocycles. The number of nitrogens with two attached hydrogens (primary N) is 1. The molecule has 0 spiro atoms. The first-order valence-corrected chi connectivity index (χ1v) is 5.53. The van der Waals surface area contributed by atoms with E-state index in [0.29, 0.717) is 6.54 Å². The smallest absolute Gasteiger partial charge is 0.237 e. The molecule has 3 N–H and O–H groups in total. The van der Waals surface area contributed by atoms with Crippen LogP contribution in [0.5, 0.6) is 0 Å². The first-order valence-electron chi connectivity index (χ1n) is 4.65. The van der Waals surface area contributed by atoms with Crippen LogP contribution in [0, 0.1) is 0 Å². The molecule has 14 heavy (non-hydrogen) atoms. The number of amides is 1. The molecule has 0 bridgehead atoms. The number of hydrogen-bond acceptors (Lipinski definition) is 4. The fourth-order valence-corrected chi connectivity index (χ4v) is 1.63. The number of rotatable bonds is 5. The molecule has 1 atom stereocenters. The van der Waals surface area contributed by atoms with Crippen molar-refractivity contribution in [1.29, 1.82) is 0 Å². The lowest BCUT2D eigenvalue weighted by Crippen LogP contribution is -2.40. The third-order valence-electron chi connectivity index (χ3n) is 1.83. The molecule has 0 saturated carbocycles. The van der Waals surface area contributed by atoms with Gasteiger partial charge in [0, 0.05) is 11.6 Å². The van der Waals surface area contributed by atoms with Gasteiger partial charge in [0.1, 0.15) is 5.01 Å². The first kappa shape index (κ1) is 11.1. The summed E-state index contributed by atoms with van der Waals surface area (Å²) in [6, 6.07) is -0.389. The summed E-state index contributed by atoms with van der Waals surface area (Å²) in [6.45, 7) is 2.49. The lowest BCUT2D eigenvalue weighted by atomic mass is 10.2. The summed E-state index contributed by atoms with van der Waals surface area (Å²) in [7, 11) is 0. The van der Waals surface area contributed by atoms with Crippen LogP contribution in [0.15, 0.2) is 11.6 Å². The maximum absolute atomic E-state index is 11.4. The Labute approximate surface area is 87.5 Å². The molecule has 0 unspecified atom stereocenters. The molecular formula is C9H15N3OS. The van der Waals surface area contributed by atoms with Gasteiger partial charge in [-0.1, -0.05) is 13.3 Å². The van der Waals surface area contributed by atoms with E-state index >= 15 is 0 Å². The van der Waals surface area contributed by atoms with E-state index in [1.807, 2.05) is 12.3 Å². The molecule has 78 valence electrons. The van der Waals surface area contributed by atoms with E-state index in [4.69, 9.17) is 5.73 Å². The lowest BCUT2D eigenvalue weighted by molar-refractivity contribution is -0.122. The maximum Gasteiger partial charge on any atom is 0.237 e. The van der Waals surface area contributed by atoms with Crippen molar-refractivity contribution in [1.82, 2.24) is 10.3 Å². The normalized spacial score (nSPS) is 12.4. The predicted octanol–water partition coefficient (Wildman–Crippen LogP) is 0.887. The number of hydrogen-bond donors (Lipinski definition) is 2. The molecule has 0 saturated heterocycles. The third kappa shape index (κ3) is 3.43. The molecule has 0 fully saturated rings. The van der Waals surface area contributed by atoms with Crippen molar-refractivity contribution in [2.24, 2.45) is 5.73 Å². The minimum Gasteiger partial charge on any atom is -0.348 e. The second-order valence-corrected chi connectivity index (χ2v) is 4.02. The van der Waals surface area contributed by atoms with E-state index in [2.05, 4.69) is 10.3 Å². The monoisotopic (exact) mass is 213 g/mol. The van der Waals surface area contributed by atoms with Gasteiger partial charge < -0.3 is 11.1 Å². The van der Waals surface area contributed by atoms with E-state index in [9.17, 15) is 4.79 Å². The first-order chi connectivity index (χ1) is 6.74. The van der Waals surface area contributed by atoms with Crippen LogP contribution in [0.2, 0.25) is 0 Å². The summed E-state index contributed by atoms with van der Waals surface area (Å²) in [5.41, 5.74) is 5.64. The molecule has 0 aliphatic rings. The quantitative estimate of drug-likeness (QED) is 0.763. The number of carbonyl (C=O) groups is 1. The van der Waals surface area contributed by atoms with E-state index in [1.54, 1.807) is 6.20 Å². The molecule has 0 aliphatic carbocycles. The summed E-state index contributed by atoms with van der Waals surface area (Å²) in [6.07, 6.45) is 3.37. The molecule has 1 aromatic rings. The maximum atomic E-state index is 11.4. The van der Waals surface area contributed by atoms with Crippen LogP contribution in [-0.2, 0) is 11.3 Å². The van der Waals surface area contributed by atoms with Crippen molar-refractivity contribution in [3.05, 3.63) is 16.6 Å². The third-order valence-corrected chi connectivity index (χ3v) is 2.61. The lowest BCUT2D eigenvalue weighted by Gasteiger charge is -2.09. The van der Waals surface area contributed by atoms with Crippen LogP contribution in [0.1, 0.15) is 24.8 Å². The fourth-order valence-electron chi connectivity index (χ4n) is 1.08. The zero-order valence-electron chi connectivity index (χ0n) is 8.19. The molecule has 0 aliphatic heterocycles. The Morgan fingerprint density at radius 1 is 1.79 bits per heavy atom. The fraction of sp³-hybridized carbons (Fsp3) is 0.556. The topological polar surface area (TPSA) is 68.0 Å². The van der Waals surface area contributed by atoms with Crippen molar-refractivity contribution in [2.75, 3.05) is 0 Å². The van der Waals surface area contributed by atoms with Crippen LogP contribution < -0.4 is 11.1 Å². The highest BCUT2D eigenvalue weighted by molar-refractivity contribution is 7.09. The second-order valence-electron chi connectivity index (χ2n) is 3.04. The van der Waals surface area contributed by atoms with Gasteiger partial charge in [0.05, 0.1) is 12.6 Å². The van der Waals surface area contributed by atoms with Crippen molar-refractivity contribution in [2.45, 2.75) is 32.4 Å². The zero-order valence-corrected chi connectivity index (χ0v) is 9.01. The van der Waals surface area contributed by atoms with Crippen molar-refractivity contribution in [3.8, 4) is 0 Å². The Morgan fingerprint density at radius 3 is 3.14 bits per heavy atom. The zero-order chi connectivity index (χ0) is 10.4. The molecule has 0 radical (unpaired) electrons. The summed E-state index contributed by atoms with van der Waals surface area (Å²) in [5, 5.41) is 5.54. The van der Waals surface area contributed by atoms with Gasteiger partial charge >= 0.3 is 0 Å². The number of nitrogens with one attached hydrogen (secondary N) is 1. The van der Waals surface area contributed by atoms with E-state index < -0.39 is 0 Å². The number of aromatic nitrogens is 1. The predicted molar refractivity (Wildman–Crippen MR) is 56.8 cm³/mol. The Hall–Kier alpha value is -0.940. The highest BCUT2D eigenvalue weighted by Crippen LogP contribution is 2.03. The van der Waals surface area contributed by atoms with Gasteiger partial charge in [-0.3, -0.25) is 4.79 Å². The van der Waals surface area contributed by atoms with Gasteiger partial charge in [-0.05, 0) is 6.42 Å². The second kappa shape index (κ2) is 5.72. The number of carbonyl (C=O) groups excluding carboxylic acids is 1. The average molecular weight is 213 g/mol. The Kier molecular flexibility index (Phi) is 4.55. The highest BCUT2D eigenvalue weighted by Gasteiger charge is 2.11. The van der Waals surface area contributed by atoms with Gasteiger partial charge in [0.2, 0.25) is 5.91 Å².